The number of esters is 1. The molecule has 1 aliphatic rings. The van der Waals surface area contributed by atoms with Gasteiger partial charge in [0.1, 0.15) is 17.7 Å². The van der Waals surface area contributed by atoms with Crippen molar-refractivity contribution in [3.8, 4) is 0 Å². The Balaban J connectivity index is 2.77. The molecule has 1 aliphatic heterocycles. The van der Waals surface area contributed by atoms with Gasteiger partial charge in [0.25, 0.3) is 0 Å². The molecule has 152 valence electrons. The zero-order valence-electron chi connectivity index (χ0n) is 16.4. The van der Waals surface area contributed by atoms with E-state index in [-0.39, 0.29) is 18.4 Å². The second-order valence-corrected chi connectivity index (χ2v) is 6.97. The van der Waals surface area contributed by atoms with E-state index < -0.39 is 35.5 Å². The second kappa shape index (κ2) is 8.83. The highest BCUT2D eigenvalue weighted by molar-refractivity contribution is 5.94. The molecule has 0 aromatic carbocycles. The maximum Gasteiger partial charge on any atom is 0.302 e. The molecule has 10 heteroatoms. The van der Waals surface area contributed by atoms with Crippen LogP contribution in [0.1, 0.15) is 40.5 Å². The van der Waals surface area contributed by atoms with Crippen molar-refractivity contribution in [2.24, 2.45) is 5.73 Å². The Morgan fingerprint density at radius 2 is 1.85 bits per heavy atom. The minimum Gasteiger partial charge on any atom is -0.460 e. The largest absolute Gasteiger partial charge is 0.460 e. The number of nitrogens with zero attached hydrogens (tertiary/aromatic N) is 2. The van der Waals surface area contributed by atoms with E-state index in [4.69, 9.17) is 10.5 Å². The molecule has 1 unspecified atom stereocenters. The number of hydrogen-bond acceptors (Lipinski definition) is 6. The molecule has 27 heavy (non-hydrogen) atoms. The van der Waals surface area contributed by atoms with Crippen LogP contribution in [0.25, 0.3) is 0 Å². The van der Waals surface area contributed by atoms with E-state index >= 15 is 0 Å². The highest BCUT2D eigenvalue weighted by atomic mass is 16.5. The van der Waals surface area contributed by atoms with Crippen LogP contribution in [-0.4, -0.2) is 77.2 Å². The standard InChI is InChI=1S/C17H28N4O6/c1-10(27-12(3)23)14(15(18)25)19-13(24)9-20(5)16(26)17(4)7-6-8-21(17)11(2)22/h10,14H,6-9H2,1-5H3,(H2,18,25)(H,19,24)/t10-,14+,17?/m1/s1. The predicted molar refractivity (Wildman–Crippen MR) is 95.0 cm³/mol. The SMILES string of the molecule is CC(=O)O[C@H](C)[C@H](NC(=O)CN(C)C(=O)C1(C)CCCN1C(C)=O)C(N)=O. The molecule has 3 atom stereocenters. The summed E-state index contributed by atoms with van der Waals surface area (Å²) in [6.07, 6.45) is 0.251. The molecule has 1 fully saturated rings. The Morgan fingerprint density at radius 1 is 1.26 bits per heavy atom. The molecule has 0 saturated carbocycles. The summed E-state index contributed by atoms with van der Waals surface area (Å²) in [5, 5.41) is 2.38. The van der Waals surface area contributed by atoms with Crippen molar-refractivity contribution in [1.82, 2.24) is 15.1 Å². The van der Waals surface area contributed by atoms with E-state index in [9.17, 15) is 24.0 Å². The minimum absolute atomic E-state index is 0.204. The van der Waals surface area contributed by atoms with Gasteiger partial charge in [-0.3, -0.25) is 24.0 Å². The van der Waals surface area contributed by atoms with Crippen molar-refractivity contribution in [3.05, 3.63) is 0 Å². The van der Waals surface area contributed by atoms with E-state index in [1.807, 2.05) is 0 Å². The molecule has 0 radical (unpaired) electrons. The number of likely N-dealkylation sites (N-methyl/N-ethyl adjacent to an activating group) is 1. The molecule has 10 nitrogen and oxygen atoms in total. The van der Waals surface area contributed by atoms with Gasteiger partial charge in [0, 0.05) is 27.4 Å². The van der Waals surface area contributed by atoms with Crippen molar-refractivity contribution < 1.29 is 28.7 Å². The van der Waals surface area contributed by atoms with E-state index in [1.165, 1.54) is 37.6 Å². The van der Waals surface area contributed by atoms with Crippen molar-refractivity contribution in [2.75, 3.05) is 20.1 Å². The number of nitrogens with one attached hydrogen (secondary N) is 1. The van der Waals surface area contributed by atoms with Gasteiger partial charge in [-0.05, 0) is 26.7 Å². The van der Waals surface area contributed by atoms with Crippen LogP contribution in [0.2, 0.25) is 0 Å². The van der Waals surface area contributed by atoms with Crippen LogP contribution < -0.4 is 11.1 Å². The van der Waals surface area contributed by atoms with E-state index in [1.54, 1.807) is 6.92 Å². The molecule has 0 aromatic heterocycles. The Kier molecular flexibility index (Phi) is 7.32. The summed E-state index contributed by atoms with van der Waals surface area (Å²) in [6, 6.07) is -1.22. The number of likely N-dealkylation sites (tertiary alicyclic amines) is 1. The number of carbonyl (C=O) groups excluding carboxylic acids is 5. The average molecular weight is 384 g/mol. The van der Waals surface area contributed by atoms with Crippen molar-refractivity contribution in [3.63, 3.8) is 0 Å². The number of ether oxygens (including phenoxy) is 1. The van der Waals surface area contributed by atoms with Gasteiger partial charge in [-0.25, -0.2) is 0 Å². The summed E-state index contributed by atoms with van der Waals surface area (Å²) in [5.74, 6) is -2.69. The van der Waals surface area contributed by atoms with Gasteiger partial charge < -0.3 is 25.6 Å². The maximum absolute atomic E-state index is 12.8. The van der Waals surface area contributed by atoms with Crippen LogP contribution >= 0.6 is 0 Å². The number of hydrogen-bond donors (Lipinski definition) is 2. The van der Waals surface area contributed by atoms with Gasteiger partial charge in [-0.2, -0.15) is 0 Å². The molecule has 1 saturated heterocycles. The smallest absolute Gasteiger partial charge is 0.302 e. The monoisotopic (exact) mass is 384 g/mol. The first kappa shape index (κ1) is 22.4. The number of amides is 4. The molecular weight excluding hydrogens is 356 g/mol. The number of rotatable bonds is 7. The summed E-state index contributed by atoms with van der Waals surface area (Å²) in [6.45, 7) is 5.82. The third-order valence-corrected chi connectivity index (χ3v) is 4.65. The summed E-state index contributed by atoms with van der Waals surface area (Å²) >= 11 is 0. The van der Waals surface area contributed by atoms with Crippen molar-refractivity contribution in [1.29, 1.82) is 0 Å². The summed E-state index contributed by atoms with van der Waals surface area (Å²) in [5.41, 5.74) is 4.25. The highest BCUT2D eigenvalue weighted by Crippen LogP contribution is 2.30. The van der Waals surface area contributed by atoms with E-state index in [0.29, 0.717) is 19.4 Å². The fourth-order valence-electron chi connectivity index (χ4n) is 3.36. The predicted octanol–water partition coefficient (Wildman–Crippen LogP) is -1.23. The highest BCUT2D eigenvalue weighted by Gasteiger charge is 2.46. The van der Waals surface area contributed by atoms with Crippen LogP contribution in [-0.2, 0) is 28.7 Å². The van der Waals surface area contributed by atoms with Gasteiger partial charge in [0.15, 0.2) is 0 Å². The zero-order chi connectivity index (χ0) is 20.9. The molecule has 0 bridgehead atoms. The normalized spacial score (nSPS) is 21.1. The zero-order valence-corrected chi connectivity index (χ0v) is 16.4. The van der Waals surface area contributed by atoms with Gasteiger partial charge in [-0.15, -0.1) is 0 Å². The second-order valence-electron chi connectivity index (χ2n) is 6.97. The number of carbonyl (C=O) groups is 5. The lowest BCUT2D eigenvalue weighted by Crippen LogP contribution is -2.58. The van der Waals surface area contributed by atoms with Crippen LogP contribution in [0, 0.1) is 0 Å². The van der Waals surface area contributed by atoms with Crippen molar-refractivity contribution in [2.45, 2.75) is 58.2 Å². The first-order valence-electron chi connectivity index (χ1n) is 8.69. The van der Waals surface area contributed by atoms with E-state index in [2.05, 4.69) is 5.32 Å². The molecule has 0 aliphatic carbocycles. The maximum atomic E-state index is 12.8. The van der Waals surface area contributed by atoms with Gasteiger partial charge >= 0.3 is 5.97 Å². The van der Waals surface area contributed by atoms with E-state index in [0.717, 1.165) is 0 Å². The lowest BCUT2D eigenvalue weighted by molar-refractivity contribution is -0.151. The quantitative estimate of drug-likeness (QED) is 0.527. The molecule has 1 heterocycles. The van der Waals surface area contributed by atoms with Crippen LogP contribution in [0.5, 0.6) is 0 Å². The summed E-state index contributed by atoms with van der Waals surface area (Å²) < 4.78 is 4.89. The topological polar surface area (TPSA) is 139 Å². The number of primary amides is 1. The lowest BCUT2D eigenvalue weighted by atomic mass is 9.97. The molecule has 1 rings (SSSR count). The Hall–Kier alpha value is -2.65. The molecule has 0 aromatic rings. The molecule has 0 spiro atoms. The Morgan fingerprint density at radius 3 is 2.33 bits per heavy atom. The fraction of sp³-hybridized carbons (Fsp3) is 0.706. The fourth-order valence-corrected chi connectivity index (χ4v) is 3.36. The molecular formula is C17H28N4O6. The van der Waals surface area contributed by atoms with Crippen LogP contribution in [0.3, 0.4) is 0 Å². The summed E-state index contributed by atoms with van der Waals surface area (Å²) in [4.78, 5) is 62.1. The summed E-state index contributed by atoms with van der Waals surface area (Å²) in [7, 11) is 1.44. The first-order chi connectivity index (χ1) is 12.4. The van der Waals surface area contributed by atoms with Gasteiger partial charge in [0.05, 0.1) is 6.54 Å². The molecule has 4 amide bonds. The van der Waals surface area contributed by atoms with Crippen molar-refractivity contribution >= 4 is 29.6 Å². The van der Waals surface area contributed by atoms with Gasteiger partial charge in [0.2, 0.25) is 23.6 Å². The first-order valence-corrected chi connectivity index (χ1v) is 8.69. The molecule has 3 N–H and O–H groups in total. The lowest BCUT2D eigenvalue weighted by Gasteiger charge is -2.36. The van der Waals surface area contributed by atoms with Crippen LogP contribution in [0.15, 0.2) is 0 Å². The third-order valence-electron chi connectivity index (χ3n) is 4.65. The minimum atomic E-state index is -1.22. The van der Waals surface area contributed by atoms with Crippen LogP contribution in [0.4, 0.5) is 0 Å². The number of nitrogens with two attached hydrogens (primary N) is 1. The van der Waals surface area contributed by atoms with Gasteiger partial charge in [-0.1, -0.05) is 0 Å². The Labute approximate surface area is 158 Å². The average Bonchev–Trinajstić information content (AvgIpc) is 2.93. The third kappa shape index (κ3) is 5.41. The Bertz CT molecular complexity index is 637.